The van der Waals surface area contributed by atoms with Crippen molar-refractivity contribution in [2.75, 3.05) is 31.6 Å². The Bertz CT molecular complexity index is 734. The van der Waals surface area contributed by atoms with Crippen LogP contribution in [0.1, 0.15) is 12.8 Å². The molecule has 0 aliphatic carbocycles. The summed E-state index contributed by atoms with van der Waals surface area (Å²) in [6.45, 7) is 2.44. The molecular weight excluding hydrogens is 294 g/mol. The van der Waals surface area contributed by atoms with Crippen molar-refractivity contribution < 1.29 is 14.3 Å². The number of amides is 2. The lowest BCUT2D eigenvalue weighted by atomic mass is 10.1. The van der Waals surface area contributed by atoms with E-state index in [1.54, 1.807) is 4.90 Å². The number of piperidine rings is 1. The number of likely N-dealkylation sites (tertiary alicyclic amines) is 1. The Morgan fingerprint density at radius 2 is 2.09 bits per heavy atom. The summed E-state index contributed by atoms with van der Waals surface area (Å²) in [6, 6.07) is 7.91. The predicted molar refractivity (Wildman–Crippen MR) is 87.4 cm³/mol. The lowest BCUT2D eigenvalue weighted by molar-refractivity contribution is -0.182. The minimum absolute atomic E-state index is 0.100. The molecule has 2 aliphatic heterocycles. The molecular formula is C17H21N3O3. The summed E-state index contributed by atoms with van der Waals surface area (Å²) in [4.78, 5) is 14.3. The van der Waals surface area contributed by atoms with Crippen molar-refractivity contribution in [1.82, 2.24) is 9.47 Å². The Labute approximate surface area is 135 Å². The normalized spacial score (nSPS) is 20.3. The number of nitrogens with one attached hydrogen (secondary N) is 1. The van der Waals surface area contributed by atoms with Gasteiger partial charge in [-0.1, -0.05) is 6.07 Å². The number of hydrogen-bond acceptors (Lipinski definition) is 3. The molecule has 122 valence electrons. The van der Waals surface area contributed by atoms with Crippen molar-refractivity contribution in [3.8, 4) is 0 Å². The quantitative estimate of drug-likeness (QED) is 0.880. The molecule has 0 unspecified atom stereocenters. The van der Waals surface area contributed by atoms with Gasteiger partial charge in [-0.25, -0.2) is 4.79 Å². The second kappa shape index (κ2) is 5.54. The molecule has 2 aliphatic rings. The SMILES string of the molecule is Cn1ccc2ccc(NC(=O)N3CCCC4(C3)OCCO4)cc21. The van der Waals surface area contributed by atoms with E-state index in [0.717, 1.165) is 36.0 Å². The van der Waals surface area contributed by atoms with Crippen molar-refractivity contribution >= 4 is 22.6 Å². The third-order valence-corrected chi connectivity index (χ3v) is 4.66. The zero-order valence-electron chi connectivity index (χ0n) is 13.2. The number of ether oxygens (including phenoxy) is 2. The first-order valence-electron chi connectivity index (χ1n) is 8.04. The van der Waals surface area contributed by atoms with Crippen LogP contribution in [0.4, 0.5) is 10.5 Å². The van der Waals surface area contributed by atoms with Crippen molar-refractivity contribution in [3.63, 3.8) is 0 Å². The van der Waals surface area contributed by atoms with Crippen LogP contribution in [0, 0.1) is 0 Å². The highest BCUT2D eigenvalue weighted by atomic mass is 16.7. The molecule has 1 aromatic heterocycles. The van der Waals surface area contributed by atoms with Gasteiger partial charge < -0.3 is 24.3 Å². The topological polar surface area (TPSA) is 55.7 Å². The maximum Gasteiger partial charge on any atom is 0.322 e. The average molecular weight is 315 g/mol. The van der Waals surface area contributed by atoms with Crippen molar-refractivity contribution in [3.05, 3.63) is 30.5 Å². The van der Waals surface area contributed by atoms with Crippen molar-refractivity contribution in [1.29, 1.82) is 0 Å². The van der Waals surface area contributed by atoms with E-state index >= 15 is 0 Å². The third kappa shape index (κ3) is 2.68. The lowest BCUT2D eigenvalue weighted by Gasteiger charge is -2.38. The van der Waals surface area contributed by atoms with Gasteiger partial charge in [-0.15, -0.1) is 0 Å². The number of carbonyl (C=O) groups excluding carboxylic acids is 1. The first-order valence-corrected chi connectivity index (χ1v) is 8.04. The Hall–Kier alpha value is -2.05. The van der Waals surface area contributed by atoms with Crippen LogP contribution in [0.25, 0.3) is 10.9 Å². The fourth-order valence-electron chi connectivity index (χ4n) is 3.44. The van der Waals surface area contributed by atoms with E-state index in [9.17, 15) is 4.79 Å². The average Bonchev–Trinajstić information content (AvgIpc) is 3.15. The number of rotatable bonds is 1. The van der Waals surface area contributed by atoms with Crippen LogP contribution in [-0.4, -0.2) is 47.6 Å². The van der Waals surface area contributed by atoms with E-state index < -0.39 is 5.79 Å². The monoisotopic (exact) mass is 315 g/mol. The number of anilines is 1. The molecule has 6 nitrogen and oxygen atoms in total. The van der Waals surface area contributed by atoms with E-state index in [-0.39, 0.29) is 6.03 Å². The van der Waals surface area contributed by atoms with Gasteiger partial charge in [-0.05, 0) is 30.0 Å². The Morgan fingerprint density at radius 1 is 1.26 bits per heavy atom. The molecule has 6 heteroatoms. The summed E-state index contributed by atoms with van der Waals surface area (Å²) < 4.78 is 13.5. The molecule has 3 heterocycles. The molecule has 0 saturated carbocycles. The molecule has 2 saturated heterocycles. The molecule has 2 fully saturated rings. The second-order valence-corrected chi connectivity index (χ2v) is 6.26. The minimum atomic E-state index is -0.586. The largest absolute Gasteiger partial charge is 0.350 e. The second-order valence-electron chi connectivity index (χ2n) is 6.26. The van der Waals surface area contributed by atoms with Gasteiger partial charge in [-0.2, -0.15) is 0 Å². The van der Waals surface area contributed by atoms with E-state index in [2.05, 4.69) is 11.4 Å². The van der Waals surface area contributed by atoms with Gasteiger partial charge in [0.25, 0.3) is 0 Å². The Balaban J connectivity index is 1.48. The zero-order chi connectivity index (χ0) is 15.9. The minimum Gasteiger partial charge on any atom is -0.350 e. The standard InChI is InChI=1S/C17H21N3O3/c1-19-8-5-13-3-4-14(11-15(13)19)18-16(21)20-7-2-6-17(12-20)22-9-10-23-17/h3-5,8,11H,2,6-7,9-10,12H2,1H3,(H,18,21). The molecule has 2 aromatic rings. The third-order valence-electron chi connectivity index (χ3n) is 4.66. The number of urea groups is 1. The van der Waals surface area contributed by atoms with Crippen LogP contribution in [0.5, 0.6) is 0 Å². The van der Waals surface area contributed by atoms with Crippen LogP contribution in [0.2, 0.25) is 0 Å². The first-order chi connectivity index (χ1) is 11.2. The molecule has 4 rings (SSSR count). The number of carbonyl (C=O) groups is 1. The molecule has 1 N–H and O–H groups in total. The maximum absolute atomic E-state index is 12.6. The molecule has 1 spiro atoms. The van der Waals surface area contributed by atoms with Crippen LogP contribution in [-0.2, 0) is 16.5 Å². The fourth-order valence-corrected chi connectivity index (χ4v) is 3.44. The fraction of sp³-hybridized carbons (Fsp3) is 0.471. The van der Waals surface area contributed by atoms with Crippen molar-refractivity contribution in [2.45, 2.75) is 18.6 Å². The highest BCUT2D eigenvalue weighted by Crippen LogP contribution is 2.30. The summed E-state index contributed by atoms with van der Waals surface area (Å²) in [5, 5.41) is 4.15. The van der Waals surface area contributed by atoms with Gasteiger partial charge in [0.1, 0.15) is 0 Å². The van der Waals surface area contributed by atoms with Crippen LogP contribution < -0.4 is 5.32 Å². The number of hydrogen-bond donors (Lipinski definition) is 1. The molecule has 23 heavy (non-hydrogen) atoms. The van der Waals surface area contributed by atoms with Crippen LogP contribution in [0.3, 0.4) is 0 Å². The van der Waals surface area contributed by atoms with Gasteiger partial charge in [0.2, 0.25) is 0 Å². The maximum atomic E-state index is 12.6. The van der Waals surface area contributed by atoms with Crippen LogP contribution in [0.15, 0.2) is 30.5 Å². The van der Waals surface area contributed by atoms with Gasteiger partial charge in [0.15, 0.2) is 5.79 Å². The summed E-state index contributed by atoms with van der Waals surface area (Å²) in [5.41, 5.74) is 1.90. The van der Waals surface area contributed by atoms with Gasteiger partial charge in [-0.3, -0.25) is 0 Å². The Morgan fingerprint density at radius 3 is 2.91 bits per heavy atom. The summed E-state index contributed by atoms with van der Waals surface area (Å²) in [7, 11) is 2.00. The smallest absolute Gasteiger partial charge is 0.322 e. The van der Waals surface area contributed by atoms with E-state index in [4.69, 9.17) is 9.47 Å². The number of fused-ring (bicyclic) bond motifs is 1. The van der Waals surface area contributed by atoms with Crippen LogP contribution >= 0.6 is 0 Å². The zero-order valence-corrected chi connectivity index (χ0v) is 13.2. The van der Waals surface area contributed by atoms with Gasteiger partial charge in [0.05, 0.1) is 19.8 Å². The number of benzene rings is 1. The molecule has 1 aromatic carbocycles. The number of aromatic nitrogens is 1. The lowest BCUT2D eigenvalue weighted by Crippen LogP contribution is -2.52. The molecule has 0 atom stereocenters. The van der Waals surface area contributed by atoms with E-state index in [1.165, 1.54) is 0 Å². The summed E-state index contributed by atoms with van der Waals surface area (Å²) in [5.74, 6) is -0.586. The van der Waals surface area contributed by atoms with E-state index in [0.29, 0.717) is 19.8 Å². The van der Waals surface area contributed by atoms with Gasteiger partial charge >= 0.3 is 6.03 Å². The highest BCUT2D eigenvalue weighted by Gasteiger charge is 2.42. The number of aryl methyl sites for hydroxylation is 1. The van der Waals surface area contributed by atoms with Crippen molar-refractivity contribution in [2.24, 2.45) is 7.05 Å². The summed E-state index contributed by atoms with van der Waals surface area (Å²) >= 11 is 0. The molecule has 2 amide bonds. The molecule has 0 radical (unpaired) electrons. The van der Waals surface area contributed by atoms with Gasteiger partial charge in [0, 0.05) is 37.4 Å². The Kier molecular flexibility index (Phi) is 3.50. The number of nitrogens with zero attached hydrogens (tertiary/aromatic N) is 2. The predicted octanol–water partition coefficient (Wildman–Crippen LogP) is 2.55. The first kappa shape index (κ1) is 14.5. The highest BCUT2D eigenvalue weighted by molar-refractivity contribution is 5.93. The van der Waals surface area contributed by atoms with E-state index in [1.807, 2.05) is 36.0 Å². The summed E-state index contributed by atoms with van der Waals surface area (Å²) in [6.07, 6.45) is 3.76. The molecule has 0 bridgehead atoms.